The van der Waals surface area contributed by atoms with Crippen LogP contribution in [0.25, 0.3) is 5.69 Å². The zero-order chi connectivity index (χ0) is 17.0. The third-order valence-electron chi connectivity index (χ3n) is 3.67. The van der Waals surface area contributed by atoms with Crippen molar-refractivity contribution in [1.29, 1.82) is 0 Å². The molecule has 0 saturated heterocycles. The molecule has 6 nitrogen and oxygen atoms in total. The zero-order valence-electron chi connectivity index (χ0n) is 14.2. The van der Waals surface area contributed by atoms with Crippen molar-refractivity contribution < 1.29 is 9.90 Å². The molecule has 0 fully saturated rings. The molecule has 0 bridgehead atoms. The van der Waals surface area contributed by atoms with Gasteiger partial charge in [0.1, 0.15) is 0 Å². The van der Waals surface area contributed by atoms with Crippen molar-refractivity contribution in [3.8, 4) is 5.69 Å². The van der Waals surface area contributed by atoms with Crippen LogP contribution in [0.4, 0.5) is 5.82 Å². The highest BCUT2D eigenvalue weighted by Gasteiger charge is 2.23. The first-order chi connectivity index (χ1) is 11.0. The number of hydrogen-bond donors (Lipinski definition) is 1. The molecule has 1 aromatic heterocycles. The maximum atomic E-state index is 11.6. The summed E-state index contributed by atoms with van der Waals surface area (Å²) in [7, 11) is 0. The predicted octanol–water partition coefficient (Wildman–Crippen LogP) is 3.21. The summed E-state index contributed by atoms with van der Waals surface area (Å²) < 4.78 is 0. The number of benzene rings is 1. The van der Waals surface area contributed by atoms with E-state index in [2.05, 4.69) is 24.0 Å². The number of aromatic carboxylic acids is 1. The van der Waals surface area contributed by atoms with E-state index in [1.807, 2.05) is 36.9 Å². The molecule has 0 radical (unpaired) electrons. The summed E-state index contributed by atoms with van der Waals surface area (Å²) in [5, 5.41) is 18.2. The summed E-state index contributed by atoms with van der Waals surface area (Å²) in [6.07, 6.45) is 1.85. The largest absolute Gasteiger partial charge is 0.476 e. The second-order valence-corrected chi connectivity index (χ2v) is 5.74. The minimum absolute atomic E-state index is 0.00723. The van der Waals surface area contributed by atoms with E-state index in [0.717, 1.165) is 42.7 Å². The Labute approximate surface area is 136 Å². The Balaban J connectivity index is 2.53. The van der Waals surface area contributed by atoms with Crippen LogP contribution in [0.3, 0.4) is 0 Å². The predicted molar refractivity (Wildman–Crippen MR) is 90.6 cm³/mol. The molecule has 0 aliphatic carbocycles. The summed E-state index contributed by atoms with van der Waals surface area (Å²) in [6, 6.07) is 5.97. The van der Waals surface area contributed by atoms with Gasteiger partial charge in [0.15, 0.2) is 5.82 Å². The third kappa shape index (κ3) is 3.70. The lowest BCUT2D eigenvalue weighted by molar-refractivity contribution is 0.0690. The molecule has 0 aliphatic rings. The molecular formula is C17H24N4O2. The Hall–Kier alpha value is -2.37. The van der Waals surface area contributed by atoms with Gasteiger partial charge < -0.3 is 10.0 Å². The van der Waals surface area contributed by atoms with Gasteiger partial charge in [-0.3, -0.25) is 0 Å². The molecule has 1 aromatic carbocycles. The first-order valence-electron chi connectivity index (χ1n) is 8.01. The van der Waals surface area contributed by atoms with Crippen LogP contribution < -0.4 is 4.90 Å². The number of hydrogen-bond acceptors (Lipinski definition) is 4. The number of nitrogens with zero attached hydrogens (tertiary/aromatic N) is 4. The zero-order valence-corrected chi connectivity index (χ0v) is 14.2. The molecule has 0 aliphatic heterocycles. The van der Waals surface area contributed by atoms with E-state index >= 15 is 0 Å². The average Bonchev–Trinajstić information content (AvgIpc) is 2.94. The van der Waals surface area contributed by atoms with E-state index in [-0.39, 0.29) is 5.69 Å². The molecular weight excluding hydrogens is 292 g/mol. The van der Waals surface area contributed by atoms with Gasteiger partial charge in [-0.15, -0.1) is 15.0 Å². The number of carbonyl (C=O) groups is 1. The molecule has 0 unspecified atom stereocenters. The van der Waals surface area contributed by atoms with Crippen molar-refractivity contribution in [2.24, 2.45) is 0 Å². The highest BCUT2D eigenvalue weighted by molar-refractivity contribution is 5.91. The summed E-state index contributed by atoms with van der Waals surface area (Å²) in [6.45, 7) is 9.62. The van der Waals surface area contributed by atoms with E-state index in [1.54, 1.807) is 0 Å². The highest BCUT2D eigenvalue weighted by atomic mass is 16.4. The lowest BCUT2D eigenvalue weighted by Crippen LogP contribution is -2.27. The first-order valence-corrected chi connectivity index (χ1v) is 8.01. The van der Waals surface area contributed by atoms with Crippen LogP contribution in [0.2, 0.25) is 0 Å². The van der Waals surface area contributed by atoms with Crippen LogP contribution >= 0.6 is 0 Å². The molecule has 6 heteroatoms. The van der Waals surface area contributed by atoms with Crippen LogP contribution in [0.1, 0.15) is 48.3 Å². The lowest BCUT2D eigenvalue weighted by Gasteiger charge is -2.20. The Morgan fingerprint density at radius 1 is 1.17 bits per heavy atom. The molecule has 0 saturated carbocycles. The quantitative estimate of drug-likeness (QED) is 0.849. The van der Waals surface area contributed by atoms with E-state index < -0.39 is 5.97 Å². The highest BCUT2D eigenvalue weighted by Crippen LogP contribution is 2.21. The normalized spacial score (nSPS) is 10.8. The summed E-state index contributed by atoms with van der Waals surface area (Å²) in [5.41, 5.74) is 2.91. The van der Waals surface area contributed by atoms with Crippen molar-refractivity contribution in [1.82, 2.24) is 15.0 Å². The first kappa shape index (κ1) is 17.0. The van der Waals surface area contributed by atoms with Crippen LogP contribution in [-0.2, 0) is 0 Å². The Morgan fingerprint density at radius 2 is 1.83 bits per heavy atom. The molecule has 0 amide bonds. The topological polar surface area (TPSA) is 71.2 Å². The van der Waals surface area contributed by atoms with Crippen molar-refractivity contribution in [3.63, 3.8) is 0 Å². The van der Waals surface area contributed by atoms with Crippen molar-refractivity contribution in [2.75, 3.05) is 18.0 Å². The van der Waals surface area contributed by atoms with Gasteiger partial charge in [0, 0.05) is 13.1 Å². The van der Waals surface area contributed by atoms with Crippen LogP contribution in [-0.4, -0.2) is 39.2 Å². The summed E-state index contributed by atoms with van der Waals surface area (Å²) in [5.74, 6) is -0.601. The number of aromatic nitrogens is 3. The second kappa shape index (κ2) is 7.26. The lowest BCUT2D eigenvalue weighted by atomic mass is 10.1. The fourth-order valence-corrected chi connectivity index (χ4v) is 2.56. The van der Waals surface area contributed by atoms with E-state index in [0.29, 0.717) is 5.82 Å². The molecule has 0 atom stereocenters. The number of carboxylic acids is 1. The van der Waals surface area contributed by atoms with Gasteiger partial charge in [-0.2, -0.15) is 0 Å². The van der Waals surface area contributed by atoms with Crippen LogP contribution in [0, 0.1) is 13.8 Å². The fraction of sp³-hybridized carbons (Fsp3) is 0.471. The van der Waals surface area contributed by atoms with Crippen LogP contribution in [0.15, 0.2) is 18.2 Å². The third-order valence-corrected chi connectivity index (χ3v) is 3.67. The smallest absolute Gasteiger partial charge is 0.360 e. The van der Waals surface area contributed by atoms with Gasteiger partial charge in [0.2, 0.25) is 5.69 Å². The monoisotopic (exact) mass is 316 g/mol. The van der Waals surface area contributed by atoms with Crippen molar-refractivity contribution in [2.45, 2.75) is 40.5 Å². The number of aryl methyl sites for hydroxylation is 2. The van der Waals surface area contributed by atoms with Crippen molar-refractivity contribution >= 4 is 11.8 Å². The molecule has 1 heterocycles. The minimum Gasteiger partial charge on any atom is -0.476 e. The van der Waals surface area contributed by atoms with Gasteiger partial charge in [0.25, 0.3) is 0 Å². The van der Waals surface area contributed by atoms with Gasteiger partial charge in [-0.05, 0) is 43.9 Å². The Kier molecular flexibility index (Phi) is 5.36. The molecule has 23 heavy (non-hydrogen) atoms. The molecule has 1 N–H and O–H groups in total. The Bertz CT molecular complexity index is 688. The molecule has 0 spiro atoms. The molecule has 2 rings (SSSR count). The SMILES string of the molecule is CCCN(CCC)c1nn(-c2cc(C)ccc2C)nc1C(=O)O. The maximum Gasteiger partial charge on any atom is 0.360 e. The number of rotatable bonds is 7. The van der Waals surface area contributed by atoms with Gasteiger partial charge in [-0.25, -0.2) is 4.79 Å². The number of anilines is 1. The van der Waals surface area contributed by atoms with Gasteiger partial charge >= 0.3 is 5.97 Å². The molecule has 124 valence electrons. The maximum absolute atomic E-state index is 11.6. The van der Waals surface area contributed by atoms with E-state index in [4.69, 9.17) is 0 Å². The van der Waals surface area contributed by atoms with Crippen LogP contribution in [0.5, 0.6) is 0 Å². The molecule has 2 aromatic rings. The van der Waals surface area contributed by atoms with E-state index in [9.17, 15) is 9.90 Å². The summed E-state index contributed by atoms with van der Waals surface area (Å²) in [4.78, 5) is 15.0. The summed E-state index contributed by atoms with van der Waals surface area (Å²) >= 11 is 0. The van der Waals surface area contributed by atoms with Crippen molar-refractivity contribution in [3.05, 3.63) is 35.0 Å². The van der Waals surface area contributed by atoms with Gasteiger partial charge in [-0.1, -0.05) is 26.0 Å². The number of carboxylic acid groups (broad SMARTS) is 1. The Morgan fingerprint density at radius 3 is 2.39 bits per heavy atom. The average molecular weight is 316 g/mol. The minimum atomic E-state index is -1.05. The fourth-order valence-electron chi connectivity index (χ4n) is 2.56. The van der Waals surface area contributed by atoms with Gasteiger partial charge in [0.05, 0.1) is 5.69 Å². The standard InChI is InChI=1S/C17H24N4O2/c1-5-9-20(10-6-2)16-15(17(22)23)18-21(19-16)14-11-12(3)7-8-13(14)4/h7-8,11H,5-6,9-10H2,1-4H3,(H,22,23). The van der Waals surface area contributed by atoms with E-state index in [1.165, 1.54) is 4.80 Å². The second-order valence-electron chi connectivity index (χ2n) is 5.74.